The molecule has 0 saturated heterocycles. The van der Waals surface area contributed by atoms with Crippen LogP contribution in [0.25, 0.3) is 11.5 Å². The minimum atomic E-state index is -1.02. The summed E-state index contributed by atoms with van der Waals surface area (Å²) in [6.07, 6.45) is 4.93. The third-order valence-electron chi connectivity index (χ3n) is 7.69. The van der Waals surface area contributed by atoms with Crippen LogP contribution in [-0.4, -0.2) is 32.9 Å². The fourth-order valence-corrected chi connectivity index (χ4v) is 6.02. The smallest absolute Gasteiger partial charge is 0.271 e. The van der Waals surface area contributed by atoms with Crippen LogP contribution in [0.5, 0.6) is 0 Å². The lowest BCUT2D eigenvalue weighted by atomic mass is 9.77. The number of hydrogen-bond acceptors (Lipinski definition) is 4. The monoisotopic (exact) mass is 465 g/mol. The molecule has 4 heterocycles. The van der Waals surface area contributed by atoms with Crippen LogP contribution < -0.4 is 5.32 Å². The number of fused-ring (bicyclic) bond motifs is 1. The highest BCUT2D eigenvalue weighted by molar-refractivity contribution is 7.09. The van der Waals surface area contributed by atoms with E-state index >= 15 is 0 Å². The molecule has 1 saturated carbocycles. The Hall–Kier alpha value is -2.80. The zero-order chi connectivity index (χ0) is 23.2. The van der Waals surface area contributed by atoms with Crippen molar-refractivity contribution in [1.29, 1.82) is 0 Å². The molecule has 0 unspecified atom stereocenters. The average molecular weight is 466 g/mol. The van der Waals surface area contributed by atoms with Crippen LogP contribution in [0.4, 0.5) is 0 Å². The Morgan fingerprint density at radius 1 is 1.18 bits per heavy atom. The van der Waals surface area contributed by atoms with Gasteiger partial charge in [-0.05, 0) is 60.9 Å². The molecular weight excluding hydrogens is 434 g/mol. The zero-order valence-electron chi connectivity index (χ0n) is 19.4. The third kappa shape index (κ3) is 3.82. The van der Waals surface area contributed by atoms with Crippen molar-refractivity contribution < 1.29 is 14.0 Å². The minimum absolute atomic E-state index is 0.0805. The molecule has 0 spiro atoms. The van der Waals surface area contributed by atoms with Gasteiger partial charge in [0.1, 0.15) is 17.0 Å². The van der Waals surface area contributed by atoms with Gasteiger partial charge in [-0.25, -0.2) is 0 Å². The Morgan fingerprint density at radius 3 is 2.73 bits per heavy atom. The van der Waals surface area contributed by atoms with Gasteiger partial charge in [-0.1, -0.05) is 32.8 Å². The van der Waals surface area contributed by atoms with Gasteiger partial charge < -0.3 is 19.2 Å². The summed E-state index contributed by atoms with van der Waals surface area (Å²) >= 11 is 1.60. The lowest BCUT2D eigenvalue weighted by molar-refractivity contribution is -0.134. The number of carbonyl (C=O) groups excluding carboxylic acids is 2. The number of carbonyl (C=O) groups is 2. The summed E-state index contributed by atoms with van der Waals surface area (Å²) in [5.41, 5.74) is 0.384. The van der Waals surface area contributed by atoms with Gasteiger partial charge in [0.25, 0.3) is 5.91 Å². The van der Waals surface area contributed by atoms with E-state index in [1.807, 2.05) is 53.3 Å². The molecule has 33 heavy (non-hydrogen) atoms. The normalized spacial score (nSPS) is 27.4. The first-order valence-electron chi connectivity index (χ1n) is 11.8. The number of hydrogen-bond donors (Lipinski definition) is 1. The summed E-state index contributed by atoms with van der Waals surface area (Å²) in [5, 5.41) is 5.35. The Labute approximate surface area is 198 Å². The molecule has 3 aromatic heterocycles. The van der Waals surface area contributed by atoms with Crippen molar-refractivity contribution in [1.82, 2.24) is 14.8 Å². The van der Waals surface area contributed by atoms with Crippen LogP contribution >= 0.6 is 11.3 Å². The molecule has 7 heteroatoms. The first-order valence-corrected chi connectivity index (χ1v) is 12.6. The quantitative estimate of drug-likeness (QED) is 0.566. The van der Waals surface area contributed by atoms with Crippen LogP contribution in [0.15, 0.2) is 52.5 Å². The molecule has 4 atom stereocenters. The predicted molar refractivity (Wildman–Crippen MR) is 129 cm³/mol. The van der Waals surface area contributed by atoms with Crippen molar-refractivity contribution in [3.63, 3.8) is 0 Å². The van der Waals surface area contributed by atoms with Gasteiger partial charge in [-0.15, -0.1) is 11.3 Å². The van der Waals surface area contributed by atoms with Crippen molar-refractivity contribution >= 4 is 23.2 Å². The van der Waals surface area contributed by atoms with Crippen LogP contribution in [0.2, 0.25) is 0 Å². The fourth-order valence-electron chi connectivity index (χ4n) is 5.33. The molecule has 1 aliphatic heterocycles. The number of aromatic nitrogens is 1. The molecule has 2 amide bonds. The van der Waals surface area contributed by atoms with Gasteiger partial charge in [0.15, 0.2) is 0 Å². The summed E-state index contributed by atoms with van der Waals surface area (Å²) in [6, 6.07) is 11.6. The predicted octanol–water partition coefficient (Wildman–Crippen LogP) is 5.17. The second-order valence-electron chi connectivity index (χ2n) is 9.76. The van der Waals surface area contributed by atoms with Gasteiger partial charge >= 0.3 is 0 Å². The standard InChI is InChI=1S/C26H31N3O3S/c1-17-7-4-9-20(18(17)2)27-25(31)26(3)16-28-21(23-10-5-13-32-23)11-12-22(28)24(30)29(26)15-19-8-6-14-33-19/h5-6,8,10-14,17-18,20H,4,7,9,15-16H2,1-3H3,(H,27,31)/t17-,18+,20+,26-/m1/s1. The second-order valence-corrected chi connectivity index (χ2v) is 10.8. The summed E-state index contributed by atoms with van der Waals surface area (Å²) in [6.45, 7) is 7.19. The van der Waals surface area contributed by atoms with E-state index in [0.717, 1.165) is 23.4 Å². The van der Waals surface area contributed by atoms with Gasteiger partial charge in [0, 0.05) is 10.9 Å². The van der Waals surface area contributed by atoms with Crippen LogP contribution in [-0.2, 0) is 17.9 Å². The van der Waals surface area contributed by atoms with E-state index in [2.05, 4.69) is 19.2 Å². The number of furan rings is 1. The average Bonchev–Trinajstić information content (AvgIpc) is 3.56. The lowest BCUT2D eigenvalue weighted by Gasteiger charge is -2.45. The van der Waals surface area contributed by atoms with Crippen molar-refractivity contribution in [3.8, 4) is 11.5 Å². The van der Waals surface area contributed by atoms with Gasteiger partial charge in [-0.2, -0.15) is 0 Å². The molecule has 6 nitrogen and oxygen atoms in total. The molecule has 0 bridgehead atoms. The maximum atomic E-state index is 13.9. The molecule has 1 aliphatic carbocycles. The topological polar surface area (TPSA) is 67.5 Å². The van der Waals surface area contributed by atoms with E-state index < -0.39 is 5.54 Å². The van der Waals surface area contributed by atoms with Crippen molar-refractivity contribution in [2.45, 2.75) is 64.7 Å². The largest absolute Gasteiger partial charge is 0.463 e. The summed E-state index contributed by atoms with van der Waals surface area (Å²) in [4.78, 5) is 30.5. The lowest BCUT2D eigenvalue weighted by Crippen LogP contribution is -2.65. The van der Waals surface area contributed by atoms with Gasteiger partial charge in [-0.3, -0.25) is 9.59 Å². The molecule has 0 radical (unpaired) electrons. The SMILES string of the molecule is C[C@H]1[C@H](C)CCC[C@@H]1NC(=O)[C@@]1(C)Cn2c(ccc2-c2ccco2)C(=O)N1Cc1cccs1. The van der Waals surface area contributed by atoms with Crippen LogP contribution in [0.3, 0.4) is 0 Å². The maximum absolute atomic E-state index is 13.9. The molecule has 0 aromatic carbocycles. The number of thiophene rings is 1. The Kier molecular flexibility index (Phi) is 5.69. The molecule has 1 fully saturated rings. The highest BCUT2D eigenvalue weighted by Crippen LogP contribution is 2.36. The Bertz CT molecular complexity index is 1130. The number of nitrogens with zero attached hydrogens (tertiary/aromatic N) is 2. The second kappa shape index (κ2) is 8.52. The number of nitrogens with one attached hydrogen (secondary N) is 1. The van der Waals surface area contributed by atoms with E-state index in [9.17, 15) is 9.59 Å². The van der Waals surface area contributed by atoms with E-state index in [1.54, 1.807) is 22.5 Å². The summed E-state index contributed by atoms with van der Waals surface area (Å²) < 4.78 is 7.57. The molecule has 2 aliphatic rings. The summed E-state index contributed by atoms with van der Waals surface area (Å²) in [7, 11) is 0. The Balaban J connectivity index is 1.51. The first kappa shape index (κ1) is 22.0. The number of amides is 2. The van der Waals surface area contributed by atoms with Crippen molar-refractivity contribution in [3.05, 3.63) is 58.6 Å². The molecule has 5 rings (SSSR count). The first-order chi connectivity index (χ1) is 15.9. The van der Waals surface area contributed by atoms with Crippen LogP contribution in [0.1, 0.15) is 55.4 Å². The highest BCUT2D eigenvalue weighted by Gasteiger charge is 2.49. The fraction of sp³-hybridized carbons (Fsp3) is 0.462. The maximum Gasteiger partial charge on any atom is 0.271 e. The Morgan fingerprint density at radius 2 is 2.00 bits per heavy atom. The highest BCUT2D eigenvalue weighted by atomic mass is 32.1. The van der Waals surface area contributed by atoms with Gasteiger partial charge in [0.05, 0.1) is 25.0 Å². The summed E-state index contributed by atoms with van der Waals surface area (Å²) in [5.74, 6) is 1.47. The third-order valence-corrected chi connectivity index (χ3v) is 8.55. The molecular formula is C26H31N3O3S. The van der Waals surface area contributed by atoms with E-state index in [-0.39, 0.29) is 17.9 Å². The molecule has 3 aromatic rings. The van der Waals surface area contributed by atoms with Crippen molar-refractivity contribution in [2.75, 3.05) is 0 Å². The van der Waals surface area contributed by atoms with Crippen molar-refractivity contribution in [2.24, 2.45) is 11.8 Å². The van der Waals surface area contributed by atoms with Crippen LogP contribution in [0, 0.1) is 11.8 Å². The van der Waals surface area contributed by atoms with E-state index in [1.165, 1.54) is 6.42 Å². The minimum Gasteiger partial charge on any atom is -0.463 e. The zero-order valence-corrected chi connectivity index (χ0v) is 20.2. The van der Waals surface area contributed by atoms with Gasteiger partial charge in [0.2, 0.25) is 5.91 Å². The molecule has 1 N–H and O–H groups in total. The number of rotatable bonds is 5. The van der Waals surface area contributed by atoms with E-state index in [4.69, 9.17) is 4.42 Å². The van der Waals surface area contributed by atoms with E-state index in [0.29, 0.717) is 36.4 Å². The molecule has 174 valence electrons.